The van der Waals surface area contributed by atoms with Gasteiger partial charge in [-0.2, -0.15) is 0 Å². The lowest BCUT2D eigenvalue weighted by molar-refractivity contribution is -0.148. The van der Waals surface area contributed by atoms with Crippen LogP contribution in [0.2, 0.25) is 0 Å². The Labute approximate surface area is 110 Å². The number of carbonyl (C=O) groups excluding carboxylic acids is 1. The molecule has 19 heavy (non-hydrogen) atoms. The van der Waals surface area contributed by atoms with Gasteiger partial charge in [0, 0.05) is 18.7 Å². The molecular weight excluding hydrogens is 248 g/mol. The Balaban J connectivity index is 2.09. The highest BCUT2D eigenvalue weighted by Crippen LogP contribution is 2.20. The number of hydrogen-bond donors (Lipinski definition) is 3. The van der Waals surface area contributed by atoms with Crippen LogP contribution in [0.15, 0.2) is 24.3 Å². The number of β-amino-alcohol motifs (C(OH)–C–C–N with tert-alkyl or cyclic N) is 1. The van der Waals surface area contributed by atoms with Crippen LogP contribution in [0.1, 0.15) is 12.0 Å². The van der Waals surface area contributed by atoms with Crippen LogP contribution in [0.4, 0.5) is 5.69 Å². The van der Waals surface area contributed by atoms with E-state index in [2.05, 4.69) is 0 Å². The maximum Gasteiger partial charge on any atom is 0.326 e. The smallest absolute Gasteiger partial charge is 0.326 e. The molecule has 1 fully saturated rings. The number of nitrogens with zero attached hydrogens (tertiary/aromatic N) is 1. The molecule has 0 bridgehead atoms. The summed E-state index contributed by atoms with van der Waals surface area (Å²) >= 11 is 0. The van der Waals surface area contributed by atoms with Gasteiger partial charge in [0.15, 0.2) is 0 Å². The lowest BCUT2D eigenvalue weighted by Crippen LogP contribution is -2.41. The van der Waals surface area contributed by atoms with Crippen LogP contribution in [-0.4, -0.2) is 45.7 Å². The van der Waals surface area contributed by atoms with E-state index in [0.717, 1.165) is 5.56 Å². The van der Waals surface area contributed by atoms with E-state index in [1.807, 2.05) is 0 Å². The highest BCUT2D eigenvalue weighted by atomic mass is 16.4. The monoisotopic (exact) mass is 264 g/mol. The van der Waals surface area contributed by atoms with E-state index in [9.17, 15) is 14.7 Å². The molecule has 0 aromatic heterocycles. The number of amides is 1. The van der Waals surface area contributed by atoms with Gasteiger partial charge in [-0.05, 0) is 17.7 Å². The van der Waals surface area contributed by atoms with Crippen LogP contribution >= 0.6 is 0 Å². The van der Waals surface area contributed by atoms with Crippen molar-refractivity contribution in [3.63, 3.8) is 0 Å². The number of rotatable bonds is 3. The van der Waals surface area contributed by atoms with Crippen LogP contribution in [0.25, 0.3) is 0 Å². The van der Waals surface area contributed by atoms with Crippen LogP contribution < -0.4 is 5.73 Å². The van der Waals surface area contributed by atoms with Crippen LogP contribution in [0.3, 0.4) is 0 Å². The summed E-state index contributed by atoms with van der Waals surface area (Å²) in [6.07, 6.45) is -0.606. The number of anilines is 1. The van der Waals surface area contributed by atoms with E-state index in [1.54, 1.807) is 24.3 Å². The summed E-state index contributed by atoms with van der Waals surface area (Å²) in [6, 6.07) is 5.96. The summed E-state index contributed by atoms with van der Waals surface area (Å²) < 4.78 is 0. The van der Waals surface area contributed by atoms with Crippen LogP contribution in [0, 0.1) is 0 Å². The molecule has 0 aliphatic carbocycles. The average Bonchev–Trinajstić information content (AvgIpc) is 2.71. The number of carboxylic acids is 1. The molecule has 1 aliphatic rings. The molecule has 1 saturated heterocycles. The van der Waals surface area contributed by atoms with E-state index >= 15 is 0 Å². The molecule has 0 spiro atoms. The Morgan fingerprint density at radius 1 is 1.42 bits per heavy atom. The number of nitrogen functional groups attached to an aromatic ring is 1. The fourth-order valence-corrected chi connectivity index (χ4v) is 2.30. The van der Waals surface area contributed by atoms with Crippen molar-refractivity contribution in [2.75, 3.05) is 12.3 Å². The number of carboxylic acid groups (broad SMARTS) is 1. The molecule has 4 N–H and O–H groups in total. The highest BCUT2D eigenvalue weighted by molar-refractivity contribution is 5.85. The number of benzene rings is 1. The predicted molar refractivity (Wildman–Crippen MR) is 68.3 cm³/mol. The lowest BCUT2D eigenvalue weighted by Gasteiger charge is -2.21. The van der Waals surface area contributed by atoms with Crippen LogP contribution in [0.5, 0.6) is 0 Å². The number of carbonyl (C=O) groups is 2. The fraction of sp³-hybridized carbons (Fsp3) is 0.385. The van der Waals surface area contributed by atoms with Crippen molar-refractivity contribution in [3.8, 4) is 0 Å². The molecule has 0 saturated carbocycles. The summed E-state index contributed by atoms with van der Waals surface area (Å²) in [5, 5.41) is 18.5. The number of aliphatic hydroxyl groups is 1. The van der Waals surface area contributed by atoms with Gasteiger partial charge in [-0.25, -0.2) is 4.79 Å². The molecule has 1 aliphatic heterocycles. The second-order valence-corrected chi connectivity index (χ2v) is 4.71. The van der Waals surface area contributed by atoms with Crippen molar-refractivity contribution in [3.05, 3.63) is 29.8 Å². The Morgan fingerprint density at radius 2 is 2.16 bits per heavy atom. The molecular formula is C13H16N2O4. The Hall–Kier alpha value is -2.08. The Morgan fingerprint density at radius 3 is 2.79 bits per heavy atom. The Kier molecular flexibility index (Phi) is 3.71. The highest BCUT2D eigenvalue weighted by Gasteiger charge is 2.38. The normalized spacial score (nSPS) is 22.5. The van der Waals surface area contributed by atoms with Crippen LogP contribution in [-0.2, 0) is 16.0 Å². The first-order chi connectivity index (χ1) is 8.97. The molecule has 1 amide bonds. The maximum atomic E-state index is 12.1. The third-order valence-corrected chi connectivity index (χ3v) is 3.19. The van der Waals surface area contributed by atoms with Gasteiger partial charge in [0.05, 0.1) is 12.5 Å². The van der Waals surface area contributed by atoms with Crippen molar-refractivity contribution in [2.24, 2.45) is 0 Å². The van der Waals surface area contributed by atoms with Crippen molar-refractivity contribution in [1.29, 1.82) is 0 Å². The average molecular weight is 264 g/mol. The van der Waals surface area contributed by atoms with Crippen molar-refractivity contribution >= 4 is 17.6 Å². The zero-order chi connectivity index (χ0) is 14.0. The molecule has 6 heteroatoms. The fourth-order valence-electron chi connectivity index (χ4n) is 2.30. The van der Waals surface area contributed by atoms with E-state index in [4.69, 9.17) is 10.8 Å². The minimum atomic E-state index is -1.09. The van der Waals surface area contributed by atoms with Gasteiger partial charge in [-0.1, -0.05) is 12.1 Å². The maximum absolute atomic E-state index is 12.1. The molecule has 2 rings (SSSR count). The first-order valence-electron chi connectivity index (χ1n) is 6.02. The zero-order valence-electron chi connectivity index (χ0n) is 10.3. The molecule has 0 unspecified atom stereocenters. The lowest BCUT2D eigenvalue weighted by atomic mass is 10.1. The third-order valence-electron chi connectivity index (χ3n) is 3.19. The summed E-state index contributed by atoms with van der Waals surface area (Å²) in [5.74, 6) is -1.40. The number of nitrogens with two attached hydrogens (primary N) is 1. The van der Waals surface area contributed by atoms with E-state index < -0.39 is 18.1 Å². The van der Waals surface area contributed by atoms with E-state index in [-0.39, 0.29) is 25.3 Å². The molecule has 102 valence electrons. The predicted octanol–water partition coefficient (Wildman–Crippen LogP) is -0.142. The van der Waals surface area contributed by atoms with E-state index in [0.29, 0.717) is 5.69 Å². The van der Waals surface area contributed by atoms with Gasteiger partial charge in [-0.15, -0.1) is 0 Å². The molecule has 1 aromatic rings. The standard InChI is InChI=1S/C13H16N2O4/c14-9-3-1-2-8(4-9)5-12(17)15-7-10(16)6-11(15)13(18)19/h1-4,10-11,16H,5-7,14H2,(H,18,19)/t10-,11-/m0/s1. The molecule has 2 atom stereocenters. The van der Waals surface area contributed by atoms with Gasteiger partial charge in [0.1, 0.15) is 6.04 Å². The number of aliphatic hydroxyl groups excluding tert-OH is 1. The third kappa shape index (κ3) is 3.03. The van der Waals surface area contributed by atoms with Gasteiger partial charge in [0.25, 0.3) is 0 Å². The van der Waals surface area contributed by atoms with Gasteiger partial charge >= 0.3 is 5.97 Å². The summed E-state index contributed by atoms with van der Waals surface area (Å²) in [7, 11) is 0. The van der Waals surface area contributed by atoms with E-state index in [1.165, 1.54) is 4.90 Å². The zero-order valence-corrected chi connectivity index (χ0v) is 10.3. The Bertz CT molecular complexity index is 503. The quantitative estimate of drug-likeness (QED) is 0.659. The summed E-state index contributed by atoms with van der Waals surface area (Å²) in [4.78, 5) is 24.4. The van der Waals surface area contributed by atoms with Gasteiger partial charge in [0.2, 0.25) is 5.91 Å². The topological polar surface area (TPSA) is 104 Å². The van der Waals surface area contributed by atoms with Crippen molar-refractivity contribution < 1.29 is 19.8 Å². The first kappa shape index (κ1) is 13.4. The van der Waals surface area contributed by atoms with Gasteiger partial charge < -0.3 is 20.8 Å². The second kappa shape index (κ2) is 5.27. The van der Waals surface area contributed by atoms with Crippen molar-refractivity contribution in [1.82, 2.24) is 4.90 Å². The largest absolute Gasteiger partial charge is 0.480 e. The summed E-state index contributed by atoms with van der Waals surface area (Å²) in [5.41, 5.74) is 6.92. The SMILES string of the molecule is Nc1cccc(CC(=O)N2C[C@@H](O)C[C@H]2C(=O)O)c1. The second-order valence-electron chi connectivity index (χ2n) is 4.71. The minimum absolute atomic E-state index is 0.0676. The molecule has 6 nitrogen and oxygen atoms in total. The molecule has 1 aromatic carbocycles. The van der Waals surface area contributed by atoms with Crippen molar-refractivity contribution in [2.45, 2.75) is 25.0 Å². The van der Waals surface area contributed by atoms with Gasteiger partial charge in [-0.3, -0.25) is 4.79 Å². The number of hydrogen-bond acceptors (Lipinski definition) is 4. The minimum Gasteiger partial charge on any atom is -0.480 e. The number of likely N-dealkylation sites (tertiary alicyclic amines) is 1. The molecule has 0 radical (unpaired) electrons. The first-order valence-corrected chi connectivity index (χ1v) is 6.02. The summed E-state index contributed by atoms with van der Waals surface area (Å²) in [6.45, 7) is 0.0676. The molecule has 1 heterocycles. The number of aliphatic carboxylic acids is 1.